The normalized spacial score (nSPS) is 11.6. The molecule has 0 aliphatic heterocycles. The zero-order valence-electron chi connectivity index (χ0n) is 19.8. The molecule has 0 aliphatic rings. The van der Waals surface area contributed by atoms with E-state index in [-0.39, 0.29) is 18.4 Å². The molecule has 1 N–H and O–H groups in total. The van der Waals surface area contributed by atoms with Gasteiger partial charge in [0, 0.05) is 37.4 Å². The van der Waals surface area contributed by atoms with Gasteiger partial charge in [-0.3, -0.25) is 9.59 Å². The Morgan fingerprint density at radius 2 is 1.54 bits per heavy atom. The predicted molar refractivity (Wildman–Crippen MR) is 147 cm³/mol. The van der Waals surface area contributed by atoms with Crippen molar-refractivity contribution in [3.63, 3.8) is 0 Å². The standard InChI is InChI=1S/C28H30Cl2N2O2S/c1-2-31-28(34)26(18-21-9-5-3-6-10-21)32(19-23-13-14-24(29)25(30)17-23)27(33)15-16-35-20-22-11-7-4-8-12-22/h3-14,17,26H,2,15-16,18-20H2,1H3,(H,31,34)/t26-/m1/s1. The van der Waals surface area contributed by atoms with Gasteiger partial charge < -0.3 is 10.2 Å². The number of carbonyl (C=O) groups excluding carboxylic acids is 2. The van der Waals surface area contributed by atoms with Crippen LogP contribution in [0.2, 0.25) is 10.0 Å². The van der Waals surface area contributed by atoms with Gasteiger partial charge in [0.25, 0.3) is 0 Å². The van der Waals surface area contributed by atoms with Gasteiger partial charge in [0.2, 0.25) is 11.8 Å². The molecule has 1 atom stereocenters. The number of nitrogens with zero attached hydrogens (tertiary/aromatic N) is 1. The van der Waals surface area contributed by atoms with E-state index in [0.717, 1.165) is 16.9 Å². The van der Waals surface area contributed by atoms with E-state index in [1.165, 1.54) is 5.56 Å². The summed E-state index contributed by atoms with van der Waals surface area (Å²) in [6.07, 6.45) is 0.764. The minimum atomic E-state index is -0.640. The highest BCUT2D eigenvalue weighted by molar-refractivity contribution is 7.98. The quantitative estimate of drug-likeness (QED) is 0.277. The number of rotatable bonds is 12. The van der Waals surface area contributed by atoms with E-state index in [2.05, 4.69) is 17.4 Å². The molecule has 0 aromatic heterocycles. The van der Waals surface area contributed by atoms with Crippen LogP contribution in [0.1, 0.15) is 30.0 Å². The summed E-state index contributed by atoms with van der Waals surface area (Å²) in [5.74, 6) is 1.27. The highest BCUT2D eigenvalue weighted by Crippen LogP contribution is 2.25. The second-order valence-electron chi connectivity index (χ2n) is 8.16. The van der Waals surface area contributed by atoms with Crippen molar-refractivity contribution in [1.82, 2.24) is 10.2 Å². The molecule has 0 aliphatic carbocycles. The third kappa shape index (κ3) is 8.60. The lowest BCUT2D eigenvalue weighted by Crippen LogP contribution is -2.50. The van der Waals surface area contributed by atoms with Crippen LogP contribution >= 0.6 is 35.0 Å². The minimum Gasteiger partial charge on any atom is -0.355 e. The van der Waals surface area contributed by atoms with Gasteiger partial charge in [0.05, 0.1) is 10.0 Å². The molecule has 0 radical (unpaired) electrons. The lowest BCUT2D eigenvalue weighted by Gasteiger charge is -2.31. The van der Waals surface area contributed by atoms with Crippen LogP contribution in [0.15, 0.2) is 78.9 Å². The Labute approximate surface area is 222 Å². The van der Waals surface area contributed by atoms with E-state index < -0.39 is 6.04 Å². The van der Waals surface area contributed by atoms with E-state index in [9.17, 15) is 9.59 Å². The van der Waals surface area contributed by atoms with Crippen molar-refractivity contribution >= 4 is 46.8 Å². The fraction of sp³-hybridized carbons (Fsp3) is 0.286. The Hall–Kier alpha value is -2.47. The highest BCUT2D eigenvalue weighted by atomic mass is 35.5. The maximum atomic E-state index is 13.5. The van der Waals surface area contributed by atoms with Crippen LogP contribution < -0.4 is 5.32 Å². The monoisotopic (exact) mass is 528 g/mol. The number of amides is 2. The van der Waals surface area contributed by atoms with E-state index in [0.29, 0.717) is 35.2 Å². The van der Waals surface area contributed by atoms with Crippen molar-refractivity contribution in [1.29, 1.82) is 0 Å². The van der Waals surface area contributed by atoms with E-state index in [1.54, 1.807) is 28.8 Å². The SMILES string of the molecule is CCNC(=O)[C@@H](Cc1ccccc1)N(Cc1ccc(Cl)c(Cl)c1)C(=O)CCSCc1ccccc1. The summed E-state index contributed by atoms with van der Waals surface area (Å²) in [5.41, 5.74) is 3.04. The summed E-state index contributed by atoms with van der Waals surface area (Å²) >= 11 is 14.0. The number of halogens is 2. The zero-order valence-corrected chi connectivity index (χ0v) is 22.1. The number of nitrogens with one attached hydrogen (secondary N) is 1. The van der Waals surface area contributed by atoms with Gasteiger partial charge in [0.15, 0.2) is 0 Å². The first-order valence-corrected chi connectivity index (χ1v) is 13.6. The van der Waals surface area contributed by atoms with Crippen molar-refractivity contribution in [2.45, 2.75) is 38.1 Å². The van der Waals surface area contributed by atoms with Crippen molar-refractivity contribution in [2.75, 3.05) is 12.3 Å². The Kier molecular flexibility index (Phi) is 11.0. The van der Waals surface area contributed by atoms with E-state index in [1.807, 2.05) is 61.5 Å². The van der Waals surface area contributed by atoms with E-state index >= 15 is 0 Å². The molecule has 0 unspecified atom stereocenters. The maximum absolute atomic E-state index is 13.5. The average Bonchev–Trinajstić information content (AvgIpc) is 2.87. The number of benzene rings is 3. The third-order valence-electron chi connectivity index (χ3n) is 5.53. The van der Waals surface area contributed by atoms with Crippen molar-refractivity contribution in [3.05, 3.63) is 106 Å². The second kappa shape index (κ2) is 14.2. The molecule has 2 amide bonds. The maximum Gasteiger partial charge on any atom is 0.243 e. The van der Waals surface area contributed by atoms with Crippen molar-refractivity contribution in [2.24, 2.45) is 0 Å². The highest BCUT2D eigenvalue weighted by Gasteiger charge is 2.30. The van der Waals surface area contributed by atoms with Crippen molar-refractivity contribution in [3.8, 4) is 0 Å². The fourth-order valence-corrected chi connectivity index (χ4v) is 4.96. The molecule has 3 rings (SSSR count). The molecule has 0 fully saturated rings. The summed E-state index contributed by atoms with van der Waals surface area (Å²) in [5, 5.41) is 3.79. The smallest absolute Gasteiger partial charge is 0.243 e. The Morgan fingerprint density at radius 1 is 0.886 bits per heavy atom. The molecule has 7 heteroatoms. The van der Waals surface area contributed by atoms with Gasteiger partial charge in [-0.1, -0.05) is 89.9 Å². The number of hydrogen-bond donors (Lipinski definition) is 1. The summed E-state index contributed by atoms with van der Waals surface area (Å²) in [6, 6.07) is 24.6. The van der Waals surface area contributed by atoms with Crippen LogP contribution in [0.4, 0.5) is 0 Å². The molecule has 35 heavy (non-hydrogen) atoms. The fourth-order valence-electron chi connectivity index (χ4n) is 3.75. The molecule has 0 spiro atoms. The van der Waals surface area contributed by atoms with Crippen LogP contribution in [0.3, 0.4) is 0 Å². The Bertz CT molecular complexity index is 1100. The number of carbonyl (C=O) groups is 2. The van der Waals surface area contributed by atoms with Crippen LogP contribution in [0.25, 0.3) is 0 Å². The van der Waals surface area contributed by atoms with Crippen LogP contribution in [0.5, 0.6) is 0 Å². The summed E-state index contributed by atoms with van der Waals surface area (Å²) in [7, 11) is 0. The first-order chi connectivity index (χ1) is 17.0. The first-order valence-electron chi connectivity index (χ1n) is 11.6. The van der Waals surface area contributed by atoms with Crippen LogP contribution in [-0.4, -0.2) is 35.1 Å². The summed E-state index contributed by atoms with van der Waals surface area (Å²) in [4.78, 5) is 28.4. The molecule has 4 nitrogen and oxygen atoms in total. The van der Waals surface area contributed by atoms with Crippen molar-refractivity contribution < 1.29 is 9.59 Å². The molecule has 0 bridgehead atoms. The molecular formula is C28H30Cl2N2O2S. The topological polar surface area (TPSA) is 49.4 Å². The minimum absolute atomic E-state index is 0.0659. The van der Waals surface area contributed by atoms with Gasteiger partial charge >= 0.3 is 0 Å². The third-order valence-corrected chi connectivity index (χ3v) is 7.30. The molecule has 0 saturated carbocycles. The summed E-state index contributed by atoms with van der Waals surface area (Å²) < 4.78 is 0. The first kappa shape index (κ1) is 27.1. The van der Waals surface area contributed by atoms with Gasteiger partial charge in [0.1, 0.15) is 6.04 Å². The lowest BCUT2D eigenvalue weighted by molar-refractivity contribution is -0.140. The molecule has 0 saturated heterocycles. The Balaban J connectivity index is 1.79. The molecule has 3 aromatic carbocycles. The van der Waals surface area contributed by atoms with Gasteiger partial charge in [-0.2, -0.15) is 11.8 Å². The number of thioether (sulfide) groups is 1. The lowest BCUT2D eigenvalue weighted by atomic mass is 10.0. The van der Waals surface area contributed by atoms with Gasteiger partial charge in [-0.05, 0) is 35.7 Å². The van der Waals surface area contributed by atoms with E-state index in [4.69, 9.17) is 23.2 Å². The van der Waals surface area contributed by atoms with Crippen LogP contribution in [0, 0.1) is 0 Å². The van der Waals surface area contributed by atoms with Gasteiger partial charge in [-0.15, -0.1) is 0 Å². The second-order valence-corrected chi connectivity index (χ2v) is 10.1. The van der Waals surface area contributed by atoms with Gasteiger partial charge in [-0.25, -0.2) is 0 Å². The summed E-state index contributed by atoms with van der Waals surface area (Å²) in [6.45, 7) is 2.64. The zero-order chi connectivity index (χ0) is 25.0. The molecular weight excluding hydrogens is 499 g/mol. The molecule has 3 aromatic rings. The largest absolute Gasteiger partial charge is 0.355 e. The average molecular weight is 530 g/mol. The molecule has 0 heterocycles. The molecule has 184 valence electrons. The number of hydrogen-bond acceptors (Lipinski definition) is 3. The Morgan fingerprint density at radius 3 is 2.17 bits per heavy atom. The number of likely N-dealkylation sites (N-methyl/N-ethyl adjacent to an activating group) is 1. The predicted octanol–water partition coefficient (Wildman–Crippen LogP) is 6.39. The van der Waals surface area contributed by atoms with Crippen LogP contribution in [-0.2, 0) is 28.3 Å².